The zero-order chi connectivity index (χ0) is 18.8. The molecule has 1 N–H and O–H groups in total. The molecule has 0 spiro atoms. The molecule has 0 amide bonds. The molecule has 1 aromatic heterocycles. The molecule has 0 aliphatic carbocycles. The summed E-state index contributed by atoms with van der Waals surface area (Å²) in [5.41, 5.74) is 2.19. The number of aliphatic hydroxyl groups excluding tert-OH is 1. The first-order chi connectivity index (χ1) is 11.8. The van der Waals surface area contributed by atoms with E-state index in [0.717, 1.165) is 11.3 Å². The average Bonchev–Trinajstić information content (AvgIpc) is 3.04. The van der Waals surface area contributed by atoms with Gasteiger partial charge in [-0.25, -0.2) is 26.5 Å². The molecule has 0 bridgehead atoms. The largest absolute Gasteiger partial charge is 0.504 e. The maximum absolute atomic E-state index is 12.9. The van der Waals surface area contributed by atoms with Crippen LogP contribution in [0.15, 0.2) is 29.8 Å². The number of thiazole rings is 1. The Morgan fingerprint density at radius 1 is 1.26 bits per heavy atom. The number of hydrogen-bond acceptors (Lipinski definition) is 5. The minimum absolute atomic E-state index is 0. The molecule has 1 aliphatic rings. The second-order valence-corrected chi connectivity index (χ2v) is 7.56. The van der Waals surface area contributed by atoms with Crippen LogP contribution >= 0.6 is 11.3 Å². The fraction of sp³-hybridized carbons (Fsp3) is 0.294. The fourth-order valence-corrected chi connectivity index (χ4v) is 5.25. The van der Waals surface area contributed by atoms with E-state index in [0.29, 0.717) is 9.87 Å². The van der Waals surface area contributed by atoms with Crippen molar-refractivity contribution >= 4 is 37.0 Å². The van der Waals surface area contributed by atoms with E-state index in [1.54, 1.807) is 25.1 Å². The van der Waals surface area contributed by atoms with E-state index in [4.69, 9.17) is 0 Å². The van der Waals surface area contributed by atoms with Gasteiger partial charge in [-0.1, -0.05) is 38.1 Å². The zero-order valence-corrected chi connectivity index (χ0v) is 20.0. The number of hydrogen-bond donors (Lipinski definition) is 1. The van der Waals surface area contributed by atoms with E-state index < -0.39 is 33.7 Å². The van der Waals surface area contributed by atoms with Crippen molar-refractivity contribution in [3.8, 4) is 0 Å². The first-order valence-electron chi connectivity index (χ1n) is 7.58. The van der Waals surface area contributed by atoms with Gasteiger partial charge in [-0.3, -0.25) is 0 Å². The number of rotatable bonds is 3. The summed E-state index contributed by atoms with van der Waals surface area (Å²) >= 11 is 0.891. The third kappa shape index (κ3) is 4.94. The van der Waals surface area contributed by atoms with E-state index in [9.17, 15) is 22.3 Å². The number of sulfonamides is 1. The Balaban J connectivity index is 0.00000164. The van der Waals surface area contributed by atoms with Crippen molar-refractivity contribution in [2.24, 2.45) is 0 Å². The van der Waals surface area contributed by atoms with Crippen LogP contribution in [0.5, 0.6) is 0 Å². The van der Waals surface area contributed by atoms with E-state index >= 15 is 0 Å². The normalized spacial score (nSPS) is 14.5. The van der Waals surface area contributed by atoms with Gasteiger partial charge in [0.1, 0.15) is 15.6 Å². The smallest absolute Gasteiger partial charge is 0.269 e. The second-order valence-electron chi connectivity index (χ2n) is 4.93. The summed E-state index contributed by atoms with van der Waals surface area (Å²) in [5.74, 6) is -0.513. The molecular formula is C17H21F2N2O3S2Y-. The van der Waals surface area contributed by atoms with Gasteiger partial charge in [-0.15, -0.1) is 11.3 Å². The van der Waals surface area contributed by atoms with Gasteiger partial charge in [0, 0.05) is 38.3 Å². The molecule has 0 saturated heterocycles. The van der Waals surface area contributed by atoms with Crippen LogP contribution in [0, 0.1) is 14.4 Å². The standard InChI is InChI=1S/C14H12F2N2O3S2.C2H6.CH3.Y/c1-8-4-2-3-5-9(8)13-12(19)11-14(22-7-17-11)18(6-10(15)16)23(13,20)21;1-2;;/h2-5,7,10,19H,6H2,1H3;1-2H3;1H3;/q;;-1;. The summed E-state index contributed by atoms with van der Waals surface area (Å²) in [6.45, 7) is 4.69. The van der Waals surface area contributed by atoms with Gasteiger partial charge < -0.3 is 12.5 Å². The molecule has 1 aliphatic heterocycles. The van der Waals surface area contributed by atoms with Gasteiger partial charge in [0.15, 0.2) is 5.76 Å². The maximum Gasteiger partial charge on any atom is 0.269 e. The quantitative estimate of drug-likeness (QED) is 0.630. The molecule has 3 rings (SSSR count). The molecule has 10 heteroatoms. The topological polar surface area (TPSA) is 70.5 Å². The van der Waals surface area contributed by atoms with Gasteiger partial charge in [0.05, 0.1) is 12.1 Å². The van der Waals surface area contributed by atoms with E-state index in [-0.39, 0.29) is 56.4 Å². The van der Waals surface area contributed by atoms with Crippen molar-refractivity contribution in [3.05, 3.63) is 54.0 Å². The molecule has 1 radical (unpaired) electrons. The number of aromatic nitrogens is 1. The average molecular weight is 492 g/mol. The number of nitrogens with zero attached hydrogens (tertiary/aromatic N) is 2. The molecule has 27 heavy (non-hydrogen) atoms. The third-order valence-electron chi connectivity index (χ3n) is 3.46. The number of aliphatic hydroxyl groups is 1. The second kappa shape index (κ2) is 10.6. The number of anilines is 1. The van der Waals surface area contributed by atoms with Crippen molar-refractivity contribution in [1.29, 1.82) is 0 Å². The monoisotopic (exact) mass is 492 g/mol. The van der Waals surface area contributed by atoms with Crippen LogP contribution in [0.25, 0.3) is 10.7 Å². The van der Waals surface area contributed by atoms with Crippen LogP contribution in [-0.2, 0) is 42.7 Å². The predicted molar refractivity (Wildman–Crippen MR) is 103 cm³/mol. The van der Waals surface area contributed by atoms with Crippen LogP contribution < -0.4 is 4.31 Å². The Bertz CT molecular complexity index is 899. The van der Waals surface area contributed by atoms with Crippen LogP contribution in [0.1, 0.15) is 30.7 Å². The Labute approximate surface area is 188 Å². The maximum atomic E-state index is 12.9. The molecule has 2 aromatic rings. The Kier molecular flexibility index (Phi) is 10.2. The summed E-state index contributed by atoms with van der Waals surface area (Å²) in [5, 5.41) is 10.4. The summed E-state index contributed by atoms with van der Waals surface area (Å²) in [4.78, 5) is 3.53. The Morgan fingerprint density at radius 2 is 1.85 bits per heavy atom. The first-order valence-corrected chi connectivity index (χ1v) is 9.90. The number of benzene rings is 1. The van der Waals surface area contributed by atoms with Gasteiger partial charge in [0.2, 0.25) is 0 Å². The summed E-state index contributed by atoms with van der Waals surface area (Å²) in [6, 6.07) is 6.54. The van der Waals surface area contributed by atoms with Crippen LogP contribution in [0.4, 0.5) is 13.8 Å². The van der Waals surface area contributed by atoms with Gasteiger partial charge in [-0.05, 0) is 12.5 Å². The molecule has 0 atom stereocenters. The molecule has 147 valence electrons. The van der Waals surface area contributed by atoms with E-state index in [1.807, 2.05) is 13.8 Å². The Hall–Kier alpha value is -0.896. The Morgan fingerprint density at radius 3 is 2.41 bits per heavy atom. The number of halogens is 2. The fourth-order valence-electron chi connectivity index (χ4n) is 2.43. The van der Waals surface area contributed by atoms with E-state index in [1.165, 1.54) is 11.6 Å². The van der Waals surface area contributed by atoms with Gasteiger partial charge >= 0.3 is 0 Å². The van der Waals surface area contributed by atoms with Crippen molar-refractivity contribution in [1.82, 2.24) is 4.98 Å². The minimum Gasteiger partial charge on any atom is -0.504 e. The number of aryl methyl sites for hydroxylation is 1. The number of alkyl halides is 2. The van der Waals surface area contributed by atoms with Crippen molar-refractivity contribution < 1.29 is 55.0 Å². The van der Waals surface area contributed by atoms with Crippen LogP contribution in [-0.4, -0.2) is 31.5 Å². The minimum atomic E-state index is -4.31. The molecule has 0 fully saturated rings. The molecule has 5 nitrogen and oxygen atoms in total. The SMILES string of the molecule is CC.Cc1ccccc1C1=C(O)c2ncsc2N(CC(F)F)S1(=O)=O.[CH3-].[Y]. The molecule has 0 saturated carbocycles. The summed E-state index contributed by atoms with van der Waals surface area (Å²) in [6.07, 6.45) is -2.85. The van der Waals surface area contributed by atoms with Crippen LogP contribution in [0.3, 0.4) is 0 Å². The van der Waals surface area contributed by atoms with E-state index in [2.05, 4.69) is 4.98 Å². The molecular weight excluding hydrogens is 471 g/mol. The van der Waals surface area contributed by atoms with Gasteiger partial charge in [0.25, 0.3) is 16.4 Å². The molecule has 2 heterocycles. The van der Waals surface area contributed by atoms with Crippen LogP contribution in [0.2, 0.25) is 0 Å². The van der Waals surface area contributed by atoms with Gasteiger partial charge in [-0.2, -0.15) is 0 Å². The predicted octanol–water partition coefficient (Wildman–Crippen LogP) is 4.72. The van der Waals surface area contributed by atoms with Crippen molar-refractivity contribution in [2.45, 2.75) is 27.2 Å². The summed E-state index contributed by atoms with van der Waals surface area (Å²) in [7, 11) is -4.31. The zero-order valence-electron chi connectivity index (χ0n) is 15.5. The summed E-state index contributed by atoms with van der Waals surface area (Å²) < 4.78 is 52.0. The molecule has 1 aromatic carbocycles. The number of fused-ring (bicyclic) bond motifs is 1. The molecule has 0 unspecified atom stereocenters. The van der Waals surface area contributed by atoms with Crippen molar-refractivity contribution in [3.63, 3.8) is 0 Å². The third-order valence-corrected chi connectivity index (χ3v) is 6.26. The first kappa shape index (κ1) is 26.1. The van der Waals surface area contributed by atoms with Crippen molar-refractivity contribution in [2.75, 3.05) is 10.8 Å².